The summed E-state index contributed by atoms with van der Waals surface area (Å²) < 4.78 is 21.4. The maximum absolute atomic E-state index is 13.4. The van der Waals surface area contributed by atoms with Crippen LogP contribution in [0.3, 0.4) is 0 Å². The largest absolute Gasteiger partial charge is 0.483 e. The van der Waals surface area contributed by atoms with Crippen LogP contribution in [0.2, 0.25) is 0 Å². The van der Waals surface area contributed by atoms with Gasteiger partial charge in [0.1, 0.15) is 11.6 Å². The molecule has 6 heteroatoms. The molecule has 1 atom stereocenters. The van der Waals surface area contributed by atoms with E-state index in [1.54, 1.807) is 6.07 Å². The lowest BCUT2D eigenvalue weighted by Gasteiger charge is -2.16. The summed E-state index contributed by atoms with van der Waals surface area (Å²) in [6.45, 7) is 8.49. The van der Waals surface area contributed by atoms with Crippen LogP contribution in [-0.2, 0) is 18.7 Å². The Morgan fingerprint density at radius 3 is 2.64 bits per heavy atom. The number of thioether (sulfide) groups is 1. The molecule has 0 fully saturated rings. The van der Waals surface area contributed by atoms with Gasteiger partial charge in [0, 0.05) is 12.3 Å². The van der Waals surface area contributed by atoms with Crippen LogP contribution >= 0.6 is 11.8 Å². The van der Waals surface area contributed by atoms with Gasteiger partial charge in [0.25, 0.3) is 0 Å². The molecule has 0 aliphatic heterocycles. The second-order valence-corrected chi connectivity index (χ2v) is 7.36. The van der Waals surface area contributed by atoms with E-state index in [1.165, 1.54) is 29.5 Å². The van der Waals surface area contributed by atoms with Gasteiger partial charge in [0.15, 0.2) is 17.1 Å². The number of hydrogen-bond donors (Lipinski definition) is 0. The van der Waals surface area contributed by atoms with Crippen molar-refractivity contribution in [2.75, 3.05) is 0 Å². The van der Waals surface area contributed by atoms with Gasteiger partial charge in [0.2, 0.25) is 0 Å². The number of rotatable bonds is 9. The first kappa shape index (κ1) is 20.1. The van der Waals surface area contributed by atoms with Gasteiger partial charge in [-0.3, -0.25) is 4.57 Å². The molecule has 0 saturated heterocycles. The summed E-state index contributed by atoms with van der Waals surface area (Å²) in [6, 6.07) is 14.7. The van der Waals surface area contributed by atoms with Crippen LogP contribution < -0.4 is 4.74 Å². The minimum Gasteiger partial charge on any atom is -0.483 e. The van der Waals surface area contributed by atoms with Crippen molar-refractivity contribution in [2.45, 2.75) is 43.8 Å². The standard InChI is InChI=1S/C22H24FN3OS/c1-4-13-26-21(16(3)27-20-11-9-17(5-2)10-12-20)24-25-22(26)28-15-18-7-6-8-19(23)14-18/h4,6-12,14,16H,1,5,13,15H2,2-3H3. The number of allylic oxidation sites excluding steroid dienone is 1. The molecular weight excluding hydrogens is 373 g/mol. The van der Waals surface area contributed by atoms with Crippen molar-refractivity contribution in [2.24, 2.45) is 0 Å². The van der Waals surface area contributed by atoms with E-state index in [2.05, 4.69) is 35.8 Å². The molecule has 4 nitrogen and oxygen atoms in total. The zero-order valence-electron chi connectivity index (χ0n) is 16.1. The van der Waals surface area contributed by atoms with Gasteiger partial charge in [0.05, 0.1) is 0 Å². The smallest absolute Gasteiger partial charge is 0.191 e. The molecule has 0 bridgehead atoms. The maximum Gasteiger partial charge on any atom is 0.191 e. The number of hydrogen-bond acceptors (Lipinski definition) is 4. The maximum atomic E-state index is 13.4. The summed E-state index contributed by atoms with van der Waals surface area (Å²) >= 11 is 1.52. The van der Waals surface area contributed by atoms with E-state index in [4.69, 9.17) is 4.74 Å². The highest BCUT2D eigenvalue weighted by Gasteiger charge is 2.19. The first-order chi connectivity index (χ1) is 13.6. The fourth-order valence-corrected chi connectivity index (χ4v) is 3.74. The van der Waals surface area contributed by atoms with Crippen molar-refractivity contribution in [1.82, 2.24) is 14.8 Å². The molecule has 0 aliphatic carbocycles. The SMILES string of the molecule is C=CCn1c(SCc2cccc(F)c2)nnc1C(C)Oc1ccc(CC)cc1. The molecule has 0 aliphatic rings. The molecule has 146 valence electrons. The van der Waals surface area contributed by atoms with Crippen molar-refractivity contribution >= 4 is 11.8 Å². The van der Waals surface area contributed by atoms with E-state index in [0.717, 1.165) is 28.7 Å². The van der Waals surface area contributed by atoms with Crippen LogP contribution in [0, 0.1) is 5.82 Å². The summed E-state index contributed by atoms with van der Waals surface area (Å²) in [6.07, 6.45) is 2.54. The molecule has 28 heavy (non-hydrogen) atoms. The van der Waals surface area contributed by atoms with Crippen LogP contribution in [0.25, 0.3) is 0 Å². The lowest BCUT2D eigenvalue weighted by molar-refractivity contribution is 0.210. The number of halogens is 1. The third-order valence-electron chi connectivity index (χ3n) is 4.32. The third-order valence-corrected chi connectivity index (χ3v) is 5.36. The molecule has 3 aromatic rings. The zero-order chi connectivity index (χ0) is 19.9. The quantitative estimate of drug-likeness (QED) is 0.348. The third kappa shape index (κ3) is 5.01. The van der Waals surface area contributed by atoms with Crippen LogP contribution in [0.5, 0.6) is 5.75 Å². The van der Waals surface area contributed by atoms with E-state index in [0.29, 0.717) is 12.3 Å². The average Bonchev–Trinajstić information content (AvgIpc) is 3.10. The highest BCUT2D eigenvalue weighted by molar-refractivity contribution is 7.98. The van der Waals surface area contributed by atoms with Gasteiger partial charge < -0.3 is 4.74 Å². The Balaban J connectivity index is 1.74. The highest BCUT2D eigenvalue weighted by Crippen LogP contribution is 2.27. The minimum absolute atomic E-state index is 0.234. The molecule has 0 radical (unpaired) electrons. The van der Waals surface area contributed by atoms with E-state index in [-0.39, 0.29) is 11.9 Å². The Morgan fingerprint density at radius 2 is 1.96 bits per heavy atom. The predicted molar refractivity (Wildman–Crippen MR) is 111 cm³/mol. The number of aromatic nitrogens is 3. The molecule has 1 aromatic heterocycles. The monoisotopic (exact) mass is 397 g/mol. The fraction of sp³-hybridized carbons (Fsp3) is 0.273. The molecule has 0 amide bonds. The van der Waals surface area contributed by atoms with Crippen molar-refractivity contribution in [3.63, 3.8) is 0 Å². The zero-order valence-corrected chi connectivity index (χ0v) is 17.0. The molecule has 0 saturated carbocycles. The first-order valence-electron chi connectivity index (χ1n) is 9.27. The first-order valence-corrected chi connectivity index (χ1v) is 10.3. The van der Waals surface area contributed by atoms with Gasteiger partial charge >= 0.3 is 0 Å². The van der Waals surface area contributed by atoms with Crippen molar-refractivity contribution in [3.05, 3.63) is 84.0 Å². The predicted octanol–water partition coefficient (Wildman–Crippen LogP) is 5.60. The van der Waals surface area contributed by atoms with E-state index >= 15 is 0 Å². The van der Waals surface area contributed by atoms with Crippen LogP contribution in [0.15, 0.2) is 66.3 Å². The van der Waals surface area contributed by atoms with Crippen LogP contribution in [0.4, 0.5) is 4.39 Å². The normalized spacial score (nSPS) is 12.0. The summed E-state index contributed by atoms with van der Waals surface area (Å²) in [5.41, 5.74) is 2.17. The topological polar surface area (TPSA) is 39.9 Å². The van der Waals surface area contributed by atoms with Gasteiger partial charge in [-0.05, 0) is 48.7 Å². The minimum atomic E-state index is -0.261. The van der Waals surface area contributed by atoms with E-state index < -0.39 is 0 Å². The van der Waals surface area contributed by atoms with Crippen molar-refractivity contribution in [1.29, 1.82) is 0 Å². The fourth-order valence-electron chi connectivity index (χ4n) is 2.84. The Bertz CT molecular complexity index is 924. The second kappa shape index (κ2) is 9.55. The Hall–Kier alpha value is -2.60. The van der Waals surface area contributed by atoms with Crippen LogP contribution in [-0.4, -0.2) is 14.8 Å². The Labute approximate surface area is 169 Å². The molecule has 0 spiro atoms. The van der Waals surface area contributed by atoms with Crippen molar-refractivity contribution in [3.8, 4) is 5.75 Å². The molecule has 1 heterocycles. The average molecular weight is 398 g/mol. The van der Waals surface area contributed by atoms with Gasteiger partial charge in [-0.25, -0.2) is 4.39 Å². The molecule has 0 N–H and O–H groups in total. The Morgan fingerprint density at radius 1 is 1.18 bits per heavy atom. The molecular formula is C22H24FN3OS. The lowest BCUT2D eigenvalue weighted by atomic mass is 10.2. The molecule has 1 unspecified atom stereocenters. The van der Waals surface area contributed by atoms with Gasteiger partial charge in [-0.1, -0.05) is 49.0 Å². The number of ether oxygens (including phenoxy) is 1. The number of benzene rings is 2. The summed E-state index contributed by atoms with van der Waals surface area (Å²) in [5.74, 6) is 1.91. The summed E-state index contributed by atoms with van der Waals surface area (Å²) in [4.78, 5) is 0. The van der Waals surface area contributed by atoms with Gasteiger partial charge in [-0.15, -0.1) is 16.8 Å². The number of nitrogens with zero attached hydrogens (tertiary/aromatic N) is 3. The highest BCUT2D eigenvalue weighted by atomic mass is 32.2. The Kier molecular flexibility index (Phi) is 6.87. The molecule has 3 rings (SSSR count). The lowest BCUT2D eigenvalue weighted by Crippen LogP contribution is -2.12. The molecule has 2 aromatic carbocycles. The van der Waals surface area contributed by atoms with E-state index in [1.807, 2.05) is 35.8 Å². The summed E-state index contributed by atoms with van der Waals surface area (Å²) in [7, 11) is 0. The second-order valence-electron chi connectivity index (χ2n) is 6.42. The van der Waals surface area contributed by atoms with E-state index in [9.17, 15) is 4.39 Å². The van der Waals surface area contributed by atoms with Crippen molar-refractivity contribution < 1.29 is 9.13 Å². The van der Waals surface area contributed by atoms with Crippen LogP contribution in [0.1, 0.15) is 36.9 Å². The van der Waals surface area contributed by atoms with Gasteiger partial charge in [-0.2, -0.15) is 0 Å². The number of aryl methyl sites for hydroxylation is 1. The summed E-state index contributed by atoms with van der Waals surface area (Å²) in [5, 5.41) is 9.42.